The molecule has 0 unspecified atom stereocenters. The number of anilines is 1. The van der Waals surface area contributed by atoms with Gasteiger partial charge in [0.25, 0.3) is 5.91 Å². The quantitative estimate of drug-likeness (QED) is 0.609. The fourth-order valence-electron chi connectivity index (χ4n) is 2.43. The Kier molecular flexibility index (Phi) is 8.14. The summed E-state index contributed by atoms with van der Waals surface area (Å²) in [4.78, 5) is 24.4. The molecule has 0 radical (unpaired) electrons. The third-order valence-electron chi connectivity index (χ3n) is 3.88. The molecule has 0 saturated carbocycles. The maximum Gasteiger partial charge on any atom is 0.338 e. The second-order valence-electron chi connectivity index (χ2n) is 5.90. The van der Waals surface area contributed by atoms with Gasteiger partial charge >= 0.3 is 5.97 Å². The van der Waals surface area contributed by atoms with Crippen molar-refractivity contribution >= 4 is 17.6 Å². The Balaban J connectivity index is 1.97. The van der Waals surface area contributed by atoms with Gasteiger partial charge in [0.2, 0.25) is 0 Å². The molecule has 8 heteroatoms. The number of rotatable bonds is 10. The summed E-state index contributed by atoms with van der Waals surface area (Å²) in [5, 5.41) is 2.63. The summed E-state index contributed by atoms with van der Waals surface area (Å²) in [5.41, 5.74) is 0.689. The van der Waals surface area contributed by atoms with Gasteiger partial charge in [-0.2, -0.15) is 0 Å². The van der Waals surface area contributed by atoms with Crippen LogP contribution < -0.4 is 24.3 Å². The summed E-state index contributed by atoms with van der Waals surface area (Å²) < 4.78 is 26.2. The largest absolute Gasteiger partial charge is 0.497 e. The molecule has 0 fully saturated rings. The third kappa shape index (κ3) is 6.03. The van der Waals surface area contributed by atoms with E-state index in [9.17, 15) is 9.59 Å². The van der Waals surface area contributed by atoms with E-state index in [4.69, 9.17) is 23.7 Å². The summed E-state index contributed by atoms with van der Waals surface area (Å²) in [5.74, 6) is 0.817. The third-order valence-corrected chi connectivity index (χ3v) is 3.88. The van der Waals surface area contributed by atoms with Gasteiger partial charge in [0.1, 0.15) is 11.5 Å². The molecule has 0 bridgehead atoms. The first-order chi connectivity index (χ1) is 14.0. The SMILES string of the molecule is CCCOc1ccc(C(=O)OCC(=O)Nc2ccc(OC)cc2OC)cc1OC. The normalized spacial score (nSPS) is 10.1. The van der Waals surface area contributed by atoms with Crippen molar-refractivity contribution < 1.29 is 33.3 Å². The highest BCUT2D eigenvalue weighted by Gasteiger charge is 2.15. The van der Waals surface area contributed by atoms with Gasteiger partial charge in [0.05, 0.1) is 39.2 Å². The number of nitrogens with one attached hydrogen (secondary N) is 1. The number of esters is 1. The zero-order chi connectivity index (χ0) is 21.2. The van der Waals surface area contributed by atoms with Gasteiger partial charge in [0.15, 0.2) is 18.1 Å². The maximum absolute atomic E-state index is 12.3. The van der Waals surface area contributed by atoms with Crippen LogP contribution in [0.5, 0.6) is 23.0 Å². The van der Waals surface area contributed by atoms with Crippen molar-refractivity contribution in [1.29, 1.82) is 0 Å². The molecule has 2 rings (SSSR count). The van der Waals surface area contributed by atoms with Crippen LogP contribution in [0.3, 0.4) is 0 Å². The molecule has 0 heterocycles. The number of carbonyl (C=O) groups is 2. The molecule has 0 aliphatic carbocycles. The maximum atomic E-state index is 12.3. The van der Waals surface area contributed by atoms with Crippen LogP contribution in [0.4, 0.5) is 5.69 Å². The average molecular weight is 403 g/mol. The highest BCUT2D eigenvalue weighted by Crippen LogP contribution is 2.30. The van der Waals surface area contributed by atoms with Gasteiger partial charge < -0.3 is 29.0 Å². The Labute approximate surface area is 169 Å². The summed E-state index contributed by atoms with van der Waals surface area (Å²) >= 11 is 0. The number of benzene rings is 2. The Morgan fingerprint density at radius 2 is 1.66 bits per heavy atom. The van der Waals surface area contributed by atoms with E-state index in [0.29, 0.717) is 35.3 Å². The zero-order valence-electron chi connectivity index (χ0n) is 16.9. The highest BCUT2D eigenvalue weighted by molar-refractivity contribution is 5.96. The zero-order valence-corrected chi connectivity index (χ0v) is 16.9. The first-order valence-corrected chi connectivity index (χ1v) is 9.02. The van der Waals surface area contributed by atoms with Crippen LogP contribution in [0.2, 0.25) is 0 Å². The molecule has 0 saturated heterocycles. The summed E-state index contributed by atoms with van der Waals surface area (Å²) in [6.45, 7) is 2.07. The molecule has 0 aliphatic heterocycles. The van der Waals surface area contributed by atoms with Crippen molar-refractivity contribution in [2.45, 2.75) is 13.3 Å². The monoisotopic (exact) mass is 403 g/mol. The van der Waals surface area contributed by atoms with Crippen LogP contribution in [-0.4, -0.2) is 46.4 Å². The van der Waals surface area contributed by atoms with Gasteiger partial charge in [-0.3, -0.25) is 4.79 Å². The molecular formula is C21H25NO7. The second kappa shape index (κ2) is 10.8. The average Bonchev–Trinajstić information content (AvgIpc) is 2.76. The minimum atomic E-state index is -0.651. The smallest absolute Gasteiger partial charge is 0.338 e. The number of amides is 1. The minimum absolute atomic E-state index is 0.250. The van der Waals surface area contributed by atoms with Crippen LogP contribution in [0.15, 0.2) is 36.4 Å². The number of ether oxygens (including phenoxy) is 5. The van der Waals surface area contributed by atoms with Crippen LogP contribution in [0.25, 0.3) is 0 Å². The van der Waals surface area contributed by atoms with Gasteiger partial charge in [0, 0.05) is 6.07 Å². The summed E-state index contributed by atoms with van der Waals surface area (Å²) in [6, 6.07) is 9.65. The molecule has 1 N–H and O–H groups in total. The number of methoxy groups -OCH3 is 3. The first-order valence-electron chi connectivity index (χ1n) is 9.02. The molecule has 156 valence electrons. The van der Waals surface area contributed by atoms with Crippen LogP contribution in [0, 0.1) is 0 Å². The van der Waals surface area contributed by atoms with Crippen molar-refractivity contribution in [1.82, 2.24) is 0 Å². The predicted octanol–water partition coefficient (Wildman–Crippen LogP) is 3.30. The van der Waals surface area contributed by atoms with Crippen molar-refractivity contribution in [2.75, 3.05) is 39.9 Å². The van der Waals surface area contributed by atoms with E-state index in [2.05, 4.69) is 5.32 Å². The lowest BCUT2D eigenvalue weighted by molar-refractivity contribution is -0.119. The first kappa shape index (κ1) is 21.9. The standard InChI is InChI=1S/C21H25NO7/c1-5-10-28-17-9-6-14(11-19(17)27-4)21(24)29-13-20(23)22-16-8-7-15(25-2)12-18(16)26-3/h6-9,11-12H,5,10,13H2,1-4H3,(H,22,23). The fourth-order valence-corrected chi connectivity index (χ4v) is 2.43. The van der Waals surface area contributed by atoms with Gasteiger partial charge in [-0.25, -0.2) is 4.79 Å². The molecule has 2 aromatic carbocycles. The molecule has 0 aromatic heterocycles. The van der Waals surface area contributed by atoms with E-state index in [-0.39, 0.29) is 5.56 Å². The Hall–Kier alpha value is -3.42. The number of hydrogen-bond acceptors (Lipinski definition) is 7. The molecule has 29 heavy (non-hydrogen) atoms. The topological polar surface area (TPSA) is 92.3 Å². The molecule has 0 spiro atoms. The highest BCUT2D eigenvalue weighted by atomic mass is 16.5. The van der Waals surface area contributed by atoms with E-state index in [1.165, 1.54) is 27.4 Å². The van der Waals surface area contributed by atoms with Gasteiger partial charge in [-0.05, 0) is 36.8 Å². The van der Waals surface area contributed by atoms with Crippen molar-refractivity contribution in [3.05, 3.63) is 42.0 Å². The van der Waals surface area contributed by atoms with Crippen LogP contribution in [-0.2, 0) is 9.53 Å². The molecule has 0 aliphatic rings. The van der Waals surface area contributed by atoms with E-state index in [0.717, 1.165) is 6.42 Å². The molecule has 0 atom stereocenters. The molecular weight excluding hydrogens is 378 g/mol. The molecule has 1 amide bonds. The Morgan fingerprint density at radius 3 is 2.31 bits per heavy atom. The van der Waals surface area contributed by atoms with E-state index < -0.39 is 18.5 Å². The van der Waals surface area contributed by atoms with Gasteiger partial charge in [-0.1, -0.05) is 6.92 Å². The lowest BCUT2D eigenvalue weighted by atomic mass is 10.2. The van der Waals surface area contributed by atoms with Crippen LogP contribution in [0.1, 0.15) is 23.7 Å². The van der Waals surface area contributed by atoms with Crippen molar-refractivity contribution in [3.8, 4) is 23.0 Å². The summed E-state index contributed by atoms with van der Waals surface area (Å²) in [6.07, 6.45) is 0.848. The molecule has 8 nitrogen and oxygen atoms in total. The summed E-state index contributed by atoms with van der Waals surface area (Å²) in [7, 11) is 4.49. The van der Waals surface area contributed by atoms with E-state index in [1.54, 1.807) is 30.3 Å². The predicted molar refractivity (Wildman–Crippen MR) is 107 cm³/mol. The molecule has 2 aromatic rings. The van der Waals surface area contributed by atoms with E-state index in [1.807, 2.05) is 6.92 Å². The minimum Gasteiger partial charge on any atom is -0.497 e. The fraction of sp³-hybridized carbons (Fsp3) is 0.333. The number of hydrogen-bond donors (Lipinski definition) is 1. The Bertz CT molecular complexity index is 851. The lowest BCUT2D eigenvalue weighted by Crippen LogP contribution is -2.21. The van der Waals surface area contributed by atoms with Gasteiger partial charge in [-0.15, -0.1) is 0 Å². The Morgan fingerprint density at radius 1 is 0.897 bits per heavy atom. The second-order valence-corrected chi connectivity index (χ2v) is 5.90. The van der Waals surface area contributed by atoms with Crippen molar-refractivity contribution in [3.63, 3.8) is 0 Å². The van der Waals surface area contributed by atoms with E-state index >= 15 is 0 Å². The van der Waals surface area contributed by atoms with Crippen LogP contribution >= 0.6 is 0 Å². The van der Waals surface area contributed by atoms with Crippen molar-refractivity contribution in [2.24, 2.45) is 0 Å². The number of carbonyl (C=O) groups excluding carboxylic acids is 2. The lowest BCUT2D eigenvalue weighted by Gasteiger charge is -2.13.